The van der Waals surface area contributed by atoms with Gasteiger partial charge in [-0.1, -0.05) is 12.0 Å². The molecule has 0 atom stereocenters. The van der Waals surface area contributed by atoms with Gasteiger partial charge in [0.15, 0.2) is 0 Å². The number of hydrogen-bond donors (Lipinski definition) is 2. The smallest absolute Gasteiger partial charge is 0.339 e. The van der Waals surface area contributed by atoms with Gasteiger partial charge >= 0.3 is 5.97 Å². The molecule has 0 unspecified atom stereocenters. The van der Waals surface area contributed by atoms with E-state index in [4.69, 9.17) is 6.42 Å². The van der Waals surface area contributed by atoms with Crippen LogP contribution in [-0.4, -0.2) is 16.1 Å². The van der Waals surface area contributed by atoms with Crippen molar-refractivity contribution in [2.24, 2.45) is 0 Å². The number of hydrogen-bond acceptors (Lipinski definition) is 3. The summed E-state index contributed by atoms with van der Waals surface area (Å²) in [5.74, 6) is 1.85. The van der Waals surface area contributed by atoms with Gasteiger partial charge in [-0.2, -0.15) is 0 Å². The molecule has 0 fully saturated rings. The van der Waals surface area contributed by atoms with Crippen LogP contribution in [0.25, 0.3) is 0 Å². The molecular formula is C16H14N2O2. The van der Waals surface area contributed by atoms with Crippen molar-refractivity contribution in [1.82, 2.24) is 4.98 Å². The summed E-state index contributed by atoms with van der Waals surface area (Å²) in [5.41, 5.74) is 3.02. The summed E-state index contributed by atoms with van der Waals surface area (Å²) in [5, 5.41) is 12.3. The van der Waals surface area contributed by atoms with E-state index in [-0.39, 0.29) is 5.56 Å². The highest BCUT2D eigenvalue weighted by Gasteiger charge is 2.15. The first kappa shape index (κ1) is 13.6. The quantitative estimate of drug-likeness (QED) is 0.838. The molecule has 2 rings (SSSR count). The van der Waals surface area contributed by atoms with E-state index in [1.165, 1.54) is 0 Å². The van der Waals surface area contributed by atoms with Crippen molar-refractivity contribution < 1.29 is 9.90 Å². The van der Waals surface area contributed by atoms with E-state index in [0.29, 0.717) is 17.1 Å². The summed E-state index contributed by atoms with van der Waals surface area (Å²) in [6.45, 7) is 3.57. The molecule has 2 N–H and O–H groups in total. The number of aromatic nitrogens is 1. The van der Waals surface area contributed by atoms with Gasteiger partial charge in [0.1, 0.15) is 11.4 Å². The van der Waals surface area contributed by atoms with Crippen LogP contribution in [-0.2, 0) is 0 Å². The Bertz CT molecular complexity index is 715. The van der Waals surface area contributed by atoms with E-state index in [2.05, 4.69) is 16.2 Å². The van der Waals surface area contributed by atoms with Crippen LogP contribution in [0, 0.1) is 26.2 Å². The zero-order valence-corrected chi connectivity index (χ0v) is 11.3. The lowest BCUT2D eigenvalue weighted by Crippen LogP contribution is -2.08. The number of nitrogens with zero attached hydrogens (tertiary/aromatic N) is 1. The zero-order chi connectivity index (χ0) is 14.7. The van der Waals surface area contributed by atoms with Crippen LogP contribution >= 0.6 is 0 Å². The molecule has 0 radical (unpaired) electrons. The predicted octanol–water partition coefficient (Wildman–Crippen LogP) is 3.12. The van der Waals surface area contributed by atoms with Crippen LogP contribution in [0.1, 0.15) is 27.2 Å². The molecule has 20 heavy (non-hydrogen) atoms. The van der Waals surface area contributed by atoms with Crippen LogP contribution in [0.15, 0.2) is 30.3 Å². The fourth-order valence-electron chi connectivity index (χ4n) is 2.02. The number of pyridine rings is 1. The van der Waals surface area contributed by atoms with E-state index in [1.54, 1.807) is 31.2 Å². The number of terminal acetylenes is 1. The second-order valence-corrected chi connectivity index (χ2v) is 4.46. The third-order valence-electron chi connectivity index (χ3n) is 2.85. The number of aryl methyl sites for hydroxylation is 2. The van der Waals surface area contributed by atoms with Crippen LogP contribution in [0.2, 0.25) is 0 Å². The minimum Gasteiger partial charge on any atom is -0.478 e. The molecule has 0 saturated carbocycles. The summed E-state index contributed by atoms with van der Waals surface area (Å²) in [7, 11) is 0. The molecule has 0 amide bonds. The van der Waals surface area contributed by atoms with Gasteiger partial charge in [-0.15, -0.1) is 6.42 Å². The number of carbonyl (C=O) groups is 1. The molecule has 0 spiro atoms. The maximum absolute atomic E-state index is 11.4. The summed E-state index contributed by atoms with van der Waals surface area (Å²) >= 11 is 0. The van der Waals surface area contributed by atoms with Crippen molar-refractivity contribution >= 4 is 17.5 Å². The average molecular weight is 266 g/mol. The molecule has 0 saturated heterocycles. The van der Waals surface area contributed by atoms with Crippen molar-refractivity contribution in [1.29, 1.82) is 0 Å². The molecular weight excluding hydrogens is 252 g/mol. The normalized spacial score (nSPS) is 9.85. The van der Waals surface area contributed by atoms with Crippen LogP contribution in [0.3, 0.4) is 0 Å². The number of nitrogens with one attached hydrogen (secondary N) is 1. The van der Waals surface area contributed by atoms with Gasteiger partial charge in [0.2, 0.25) is 0 Å². The Hall–Kier alpha value is -2.80. The first-order valence-corrected chi connectivity index (χ1v) is 6.06. The Morgan fingerprint density at radius 2 is 2.10 bits per heavy atom. The van der Waals surface area contributed by atoms with Crippen LogP contribution < -0.4 is 5.32 Å². The molecule has 0 aliphatic heterocycles. The highest BCUT2D eigenvalue weighted by atomic mass is 16.4. The van der Waals surface area contributed by atoms with Crippen LogP contribution in [0.4, 0.5) is 11.5 Å². The number of rotatable bonds is 3. The standard InChI is InChI=1S/C16H14N2O2/c1-4-12-6-5-7-13(9-12)18-15-14(16(19)20)10(2)8-11(3)17-15/h1,5-9H,2-3H3,(H,17,18)(H,19,20). The van der Waals surface area contributed by atoms with E-state index in [9.17, 15) is 9.90 Å². The number of aromatic carboxylic acids is 1. The van der Waals surface area contributed by atoms with Gasteiger partial charge in [-0.3, -0.25) is 0 Å². The molecule has 1 heterocycles. The molecule has 4 heteroatoms. The van der Waals surface area contributed by atoms with E-state index in [0.717, 1.165) is 11.3 Å². The van der Waals surface area contributed by atoms with Gasteiger partial charge in [-0.05, 0) is 43.7 Å². The third kappa shape index (κ3) is 2.78. The Morgan fingerprint density at radius 3 is 2.75 bits per heavy atom. The molecule has 1 aromatic carbocycles. The first-order chi connectivity index (χ1) is 9.51. The molecule has 0 aliphatic rings. The van der Waals surface area contributed by atoms with Gasteiger partial charge in [0, 0.05) is 16.9 Å². The maximum Gasteiger partial charge on any atom is 0.339 e. The number of anilines is 2. The maximum atomic E-state index is 11.4. The fourth-order valence-corrected chi connectivity index (χ4v) is 2.02. The van der Waals surface area contributed by atoms with Crippen molar-refractivity contribution in [3.63, 3.8) is 0 Å². The zero-order valence-electron chi connectivity index (χ0n) is 11.3. The fraction of sp³-hybridized carbons (Fsp3) is 0.125. The number of carboxylic acid groups (broad SMARTS) is 1. The third-order valence-corrected chi connectivity index (χ3v) is 2.85. The van der Waals surface area contributed by atoms with E-state index in [1.807, 2.05) is 13.0 Å². The first-order valence-electron chi connectivity index (χ1n) is 6.06. The molecule has 0 aliphatic carbocycles. The van der Waals surface area contributed by atoms with Crippen molar-refractivity contribution in [3.05, 3.63) is 52.7 Å². The number of carboxylic acids is 1. The second-order valence-electron chi connectivity index (χ2n) is 4.46. The molecule has 4 nitrogen and oxygen atoms in total. The van der Waals surface area contributed by atoms with Crippen molar-refractivity contribution in [2.75, 3.05) is 5.32 Å². The van der Waals surface area contributed by atoms with Gasteiger partial charge in [0.05, 0.1) is 0 Å². The SMILES string of the molecule is C#Cc1cccc(Nc2nc(C)cc(C)c2C(=O)O)c1. The Labute approximate surface area is 117 Å². The second kappa shape index (κ2) is 5.45. The number of benzene rings is 1. The van der Waals surface area contributed by atoms with Gasteiger partial charge < -0.3 is 10.4 Å². The lowest BCUT2D eigenvalue weighted by molar-refractivity contribution is 0.0697. The monoisotopic (exact) mass is 266 g/mol. The Balaban J connectivity index is 2.47. The lowest BCUT2D eigenvalue weighted by atomic mass is 10.1. The minimum atomic E-state index is -1.01. The molecule has 1 aromatic heterocycles. The topological polar surface area (TPSA) is 62.2 Å². The minimum absolute atomic E-state index is 0.168. The van der Waals surface area contributed by atoms with E-state index < -0.39 is 5.97 Å². The molecule has 0 bridgehead atoms. The Kier molecular flexibility index (Phi) is 3.72. The van der Waals surface area contributed by atoms with Gasteiger partial charge in [-0.25, -0.2) is 9.78 Å². The van der Waals surface area contributed by atoms with Crippen molar-refractivity contribution in [2.45, 2.75) is 13.8 Å². The van der Waals surface area contributed by atoms with E-state index >= 15 is 0 Å². The highest BCUT2D eigenvalue weighted by Crippen LogP contribution is 2.23. The molecule has 100 valence electrons. The molecule has 2 aromatic rings. The van der Waals surface area contributed by atoms with Crippen molar-refractivity contribution in [3.8, 4) is 12.3 Å². The highest BCUT2D eigenvalue weighted by molar-refractivity contribution is 5.95. The summed E-state index contributed by atoms with van der Waals surface area (Å²) in [6.07, 6.45) is 5.35. The summed E-state index contributed by atoms with van der Waals surface area (Å²) in [6, 6.07) is 8.93. The average Bonchev–Trinajstić information content (AvgIpc) is 2.37. The van der Waals surface area contributed by atoms with Gasteiger partial charge in [0.25, 0.3) is 0 Å². The van der Waals surface area contributed by atoms with Crippen LogP contribution in [0.5, 0.6) is 0 Å². The Morgan fingerprint density at radius 1 is 1.35 bits per heavy atom. The predicted molar refractivity (Wildman–Crippen MR) is 78.3 cm³/mol. The largest absolute Gasteiger partial charge is 0.478 e. The lowest BCUT2D eigenvalue weighted by Gasteiger charge is -2.12. The summed E-state index contributed by atoms with van der Waals surface area (Å²) < 4.78 is 0. The summed E-state index contributed by atoms with van der Waals surface area (Å²) in [4.78, 5) is 15.6.